The fraction of sp³-hybridized carbons (Fsp3) is 0.333. The van der Waals surface area contributed by atoms with Crippen molar-refractivity contribution in [2.45, 2.75) is 18.4 Å². The van der Waals surface area contributed by atoms with Gasteiger partial charge in [-0.1, -0.05) is 12.1 Å². The van der Waals surface area contributed by atoms with Gasteiger partial charge in [-0.3, -0.25) is 4.79 Å². The highest BCUT2D eigenvalue weighted by atomic mass is 16.5. The Morgan fingerprint density at radius 1 is 1.41 bits per heavy atom. The zero-order chi connectivity index (χ0) is 11.9. The third kappa shape index (κ3) is 1.52. The van der Waals surface area contributed by atoms with Crippen LogP contribution in [0.2, 0.25) is 0 Å². The van der Waals surface area contributed by atoms with Crippen LogP contribution in [-0.2, 0) is 15.1 Å². The first kappa shape index (κ1) is 10.1. The lowest BCUT2D eigenvalue weighted by Gasteiger charge is -2.22. The molecule has 0 unspecified atom stereocenters. The van der Waals surface area contributed by atoms with E-state index in [9.17, 15) is 9.59 Å². The summed E-state index contributed by atoms with van der Waals surface area (Å²) in [4.78, 5) is 25.7. The van der Waals surface area contributed by atoms with Gasteiger partial charge in [0.1, 0.15) is 11.3 Å². The Hall–Kier alpha value is -2.13. The molecular weight excluding hydrogens is 220 g/mol. The van der Waals surface area contributed by atoms with E-state index >= 15 is 0 Å². The van der Waals surface area contributed by atoms with Gasteiger partial charge in [0.15, 0.2) is 6.61 Å². The van der Waals surface area contributed by atoms with E-state index < -0.39 is 5.54 Å². The predicted molar refractivity (Wildman–Crippen MR) is 59.6 cm³/mol. The number of nitrogens with zero attached hydrogens (tertiary/aromatic N) is 1. The molecule has 1 aromatic rings. The maximum absolute atomic E-state index is 11.3. The van der Waals surface area contributed by atoms with Gasteiger partial charge in [-0.2, -0.15) is 4.99 Å². The number of nitrogens with one attached hydrogen (secondary N) is 1. The van der Waals surface area contributed by atoms with Crippen molar-refractivity contribution >= 4 is 17.7 Å². The van der Waals surface area contributed by atoms with Crippen LogP contribution < -0.4 is 10.1 Å². The smallest absolute Gasteiger partial charge is 0.262 e. The van der Waals surface area contributed by atoms with Gasteiger partial charge in [0.05, 0.1) is 5.69 Å². The van der Waals surface area contributed by atoms with E-state index in [1.54, 1.807) is 12.1 Å². The molecule has 2 aliphatic rings. The molecule has 0 atom stereocenters. The van der Waals surface area contributed by atoms with Crippen LogP contribution in [0.25, 0.3) is 0 Å². The van der Waals surface area contributed by atoms with Gasteiger partial charge < -0.3 is 10.1 Å². The lowest BCUT2D eigenvalue weighted by Crippen LogP contribution is -2.27. The number of isocyanates is 1. The summed E-state index contributed by atoms with van der Waals surface area (Å²) in [5, 5.41) is 2.78. The summed E-state index contributed by atoms with van der Waals surface area (Å²) in [6.45, 7) is 0.0282. The summed E-state index contributed by atoms with van der Waals surface area (Å²) in [6.07, 6.45) is 3.21. The van der Waals surface area contributed by atoms with Gasteiger partial charge >= 0.3 is 0 Å². The second-order valence-electron chi connectivity index (χ2n) is 4.25. The minimum absolute atomic E-state index is 0.0282. The van der Waals surface area contributed by atoms with Gasteiger partial charge in [-0.15, -0.1) is 0 Å². The number of benzene rings is 1. The number of rotatable bonds is 2. The summed E-state index contributed by atoms with van der Waals surface area (Å²) in [5.41, 5.74) is 0.979. The number of anilines is 1. The number of carbonyl (C=O) groups is 1. The molecule has 3 rings (SSSR count). The van der Waals surface area contributed by atoms with Gasteiger partial charge in [0.2, 0.25) is 6.08 Å². The van der Waals surface area contributed by atoms with Crippen LogP contribution in [0.5, 0.6) is 5.75 Å². The van der Waals surface area contributed by atoms with Crippen molar-refractivity contribution in [3.63, 3.8) is 0 Å². The average molecular weight is 230 g/mol. The van der Waals surface area contributed by atoms with Crippen LogP contribution in [0, 0.1) is 0 Å². The monoisotopic (exact) mass is 230 g/mol. The highest BCUT2D eigenvalue weighted by molar-refractivity contribution is 5.96. The van der Waals surface area contributed by atoms with Crippen LogP contribution in [0.4, 0.5) is 5.69 Å². The second-order valence-corrected chi connectivity index (χ2v) is 4.25. The predicted octanol–water partition coefficient (Wildman–Crippen LogP) is 1.34. The van der Waals surface area contributed by atoms with E-state index in [0.29, 0.717) is 11.4 Å². The number of ether oxygens (including phenoxy) is 1. The Labute approximate surface area is 97.5 Å². The molecule has 17 heavy (non-hydrogen) atoms. The van der Waals surface area contributed by atoms with E-state index in [4.69, 9.17) is 4.74 Å². The summed E-state index contributed by atoms with van der Waals surface area (Å²) < 4.78 is 5.33. The number of amides is 1. The van der Waals surface area contributed by atoms with Crippen molar-refractivity contribution in [1.29, 1.82) is 0 Å². The minimum Gasteiger partial charge on any atom is -0.482 e. The van der Waals surface area contributed by atoms with Crippen LogP contribution in [-0.4, -0.2) is 18.6 Å². The molecule has 1 heterocycles. The van der Waals surface area contributed by atoms with Crippen LogP contribution in [0.15, 0.2) is 23.2 Å². The van der Waals surface area contributed by atoms with Gasteiger partial charge in [-0.05, 0) is 18.9 Å². The minimum atomic E-state index is -0.499. The van der Waals surface area contributed by atoms with Crippen LogP contribution in [0.3, 0.4) is 0 Å². The Kier molecular flexibility index (Phi) is 2.03. The number of hydrogen-bond acceptors (Lipinski definition) is 4. The van der Waals surface area contributed by atoms with Crippen molar-refractivity contribution in [1.82, 2.24) is 0 Å². The zero-order valence-electron chi connectivity index (χ0n) is 9.03. The third-order valence-corrected chi connectivity index (χ3v) is 3.13. The molecule has 1 aliphatic heterocycles. The maximum Gasteiger partial charge on any atom is 0.262 e. The van der Waals surface area contributed by atoms with E-state index in [2.05, 4.69) is 10.3 Å². The Bertz CT molecular complexity index is 543. The topological polar surface area (TPSA) is 67.8 Å². The molecule has 5 nitrogen and oxygen atoms in total. The van der Waals surface area contributed by atoms with Crippen LogP contribution >= 0.6 is 0 Å². The normalized spacial score (nSPS) is 19.4. The molecule has 0 saturated heterocycles. The number of carbonyl (C=O) groups excluding carboxylic acids is 2. The standard InChI is InChI=1S/C12H10N2O3/c15-7-13-12(4-5-12)8-2-1-3-9-11(8)14-10(16)6-17-9/h1-3H,4-6H2,(H,14,16). The molecule has 86 valence electrons. The van der Waals surface area contributed by atoms with Gasteiger partial charge in [-0.25, -0.2) is 4.79 Å². The molecule has 1 saturated carbocycles. The zero-order valence-corrected chi connectivity index (χ0v) is 9.03. The Balaban J connectivity index is 2.12. The number of hydrogen-bond donors (Lipinski definition) is 1. The maximum atomic E-state index is 11.3. The van der Waals surface area contributed by atoms with Crippen molar-refractivity contribution in [3.8, 4) is 5.75 Å². The van der Waals surface area contributed by atoms with Crippen molar-refractivity contribution in [3.05, 3.63) is 23.8 Å². The molecule has 1 aromatic carbocycles. The van der Waals surface area contributed by atoms with Gasteiger partial charge in [0, 0.05) is 5.56 Å². The first-order valence-corrected chi connectivity index (χ1v) is 5.40. The van der Waals surface area contributed by atoms with E-state index in [1.165, 1.54) is 0 Å². The van der Waals surface area contributed by atoms with E-state index in [0.717, 1.165) is 18.4 Å². The van der Waals surface area contributed by atoms with Crippen molar-refractivity contribution < 1.29 is 14.3 Å². The molecule has 0 spiro atoms. The summed E-state index contributed by atoms with van der Waals surface area (Å²) in [7, 11) is 0. The summed E-state index contributed by atoms with van der Waals surface area (Å²) in [6, 6.07) is 5.49. The van der Waals surface area contributed by atoms with Gasteiger partial charge in [0.25, 0.3) is 5.91 Å². The van der Waals surface area contributed by atoms with E-state index in [-0.39, 0.29) is 12.5 Å². The molecule has 5 heteroatoms. The number of fused-ring (bicyclic) bond motifs is 1. The molecular formula is C12H10N2O3. The molecule has 0 bridgehead atoms. The highest BCUT2D eigenvalue weighted by Crippen LogP contribution is 2.53. The molecule has 0 aromatic heterocycles. The molecule has 1 aliphatic carbocycles. The first-order valence-electron chi connectivity index (χ1n) is 5.40. The average Bonchev–Trinajstić information content (AvgIpc) is 3.09. The highest BCUT2D eigenvalue weighted by Gasteiger charge is 2.47. The number of para-hydroxylation sites is 1. The fourth-order valence-electron chi connectivity index (χ4n) is 2.13. The second kappa shape index (κ2) is 3.43. The molecule has 1 N–H and O–H groups in total. The Morgan fingerprint density at radius 3 is 2.94 bits per heavy atom. The summed E-state index contributed by atoms with van der Waals surface area (Å²) in [5.74, 6) is 0.449. The van der Waals surface area contributed by atoms with Crippen LogP contribution in [0.1, 0.15) is 18.4 Å². The van der Waals surface area contributed by atoms with Crippen molar-refractivity contribution in [2.75, 3.05) is 11.9 Å². The lowest BCUT2D eigenvalue weighted by atomic mass is 10.0. The Morgan fingerprint density at radius 2 is 2.24 bits per heavy atom. The van der Waals surface area contributed by atoms with Crippen molar-refractivity contribution in [2.24, 2.45) is 4.99 Å². The fourth-order valence-corrected chi connectivity index (χ4v) is 2.13. The number of aliphatic imine (C=N–C) groups is 1. The molecule has 1 fully saturated rings. The summed E-state index contributed by atoms with van der Waals surface area (Å²) >= 11 is 0. The molecule has 0 radical (unpaired) electrons. The molecule has 1 amide bonds. The van der Waals surface area contributed by atoms with E-state index in [1.807, 2.05) is 12.1 Å². The quantitative estimate of drug-likeness (QED) is 0.615. The SMILES string of the molecule is O=C=NC1(c2cccc3c2NC(=O)CO3)CC1. The first-order chi connectivity index (χ1) is 8.25. The lowest BCUT2D eigenvalue weighted by molar-refractivity contribution is -0.118. The third-order valence-electron chi connectivity index (χ3n) is 3.13. The largest absolute Gasteiger partial charge is 0.482 e.